The molecule has 2 aliphatic heterocycles. The molecule has 0 unspecified atom stereocenters. The van der Waals surface area contributed by atoms with Gasteiger partial charge in [0, 0.05) is 43.8 Å². The van der Waals surface area contributed by atoms with Crippen LogP contribution in [0.5, 0.6) is 0 Å². The first-order valence-electron chi connectivity index (χ1n) is 8.57. The fraction of sp³-hybridized carbons (Fsp3) is 0.647. The molecule has 24 heavy (non-hydrogen) atoms. The van der Waals surface area contributed by atoms with Crippen LogP contribution in [-0.4, -0.2) is 63.1 Å². The van der Waals surface area contributed by atoms with E-state index in [4.69, 9.17) is 4.74 Å². The van der Waals surface area contributed by atoms with E-state index in [9.17, 15) is 8.42 Å². The summed E-state index contributed by atoms with van der Waals surface area (Å²) in [6.45, 7) is 6.33. The molecule has 0 aromatic heterocycles. The van der Waals surface area contributed by atoms with Gasteiger partial charge in [-0.15, -0.1) is 0 Å². The maximum Gasteiger partial charge on any atom is 0.243 e. The van der Waals surface area contributed by atoms with Gasteiger partial charge in [0.25, 0.3) is 0 Å². The molecule has 3 rings (SSSR count). The number of hydrogen-bond acceptors (Lipinski definition) is 4. The Labute approximate surface area is 153 Å². The zero-order valence-electron chi connectivity index (χ0n) is 14.1. The Kier molecular flexibility index (Phi) is 5.98. The predicted molar refractivity (Wildman–Crippen MR) is 97.7 cm³/mol. The predicted octanol–water partition coefficient (Wildman–Crippen LogP) is 2.63. The molecule has 0 bridgehead atoms. The average Bonchev–Trinajstić information content (AvgIpc) is 2.58. The van der Waals surface area contributed by atoms with E-state index >= 15 is 0 Å². The minimum atomic E-state index is -3.40. The summed E-state index contributed by atoms with van der Waals surface area (Å²) in [5.74, 6) is 0. The lowest BCUT2D eigenvalue weighted by Gasteiger charge is -2.36. The van der Waals surface area contributed by atoms with Crippen LogP contribution in [0.1, 0.15) is 24.8 Å². The average molecular weight is 417 g/mol. The molecule has 5 nitrogen and oxygen atoms in total. The Bertz CT molecular complexity index is 666. The first kappa shape index (κ1) is 18.3. The maximum absolute atomic E-state index is 12.8. The van der Waals surface area contributed by atoms with Gasteiger partial charge in [0.05, 0.1) is 11.0 Å². The van der Waals surface area contributed by atoms with Crippen molar-refractivity contribution in [1.29, 1.82) is 0 Å². The third kappa shape index (κ3) is 4.19. The fourth-order valence-electron chi connectivity index (χ4n) is 3.32. The van der Waals surface area contributed by atoms with Gasteiger partial charge in [0.2, 0.25) is 10.0 Å². The zero-order chi connectivity index (χ0) is 17.2. The van der Waals surface area contributed by atoms with E-state index in [0.717, 1.165) is 49.1 Å². The first-order chi connectivity index (χ1) is 11.5. The van der Waals surface area contributed by atoms with E-state index in [2.05, 4.69) is 20.8 Å². The number of nitrogens with zero attached hydrogens (tertiary/aromatic N) is 2. The number of aryl methyl sites for hydroxylation is 1. The lowest BCUT2D eigenvalue weighted by molar-refractivity contribution is -0.0103. The second-order valence-corrected chi connectivity index (χ2v) is 9.40. The van der Waals surface area contributed by atoms with E-state index < -0.39 is 10.0 Å². The smallest absolute Gasteiger partial charge is 0.243 e. The van der Waals surface area contributed by atoms with Crippen LogP contribution in [0.2, 0.25) is 0 Å². The highest BCUT2D eigenvalue weighted by atomic mass is 79.9. The molecule has 0 aliphatic carbocycles. The molecule has 7 heteroatoms. The largest absolute Gasteiger partial charge is 0.377 e. The molecule has 2 fully saturated rings. The van der Waals surface area contributed by atoms with Crippen LogP contribution < -0.4 is 0 Å². The van der Waals surface area contributed by atoms with Crippen molar-refractivity contribution in [2.45, 2.75) is 37.2 Å². The highest BCUT2D eigenvalue weighted by molar-refractivity contribution is 9.10. The third-order valence-corrected chi connectivity index (χ3v) is 7.62. The lowest BCUT2D eigenvalue weighted by atomic mass is 10.1. The van der Waals surface area contributed by atoms with E-state index in [-0.39, 0.29) is 0 Å². The van der Waals surface area contributed by atoms with E-state index in [1.54, 1.807) is 22.5 Å². The molecule has 1 aromatic rings. The Morgan fingerprint density at radius 3 is 2.58 bits per heavy atom. The number of piperazine rings is 1. The van der Waals surface area contributed by atoms with Crippen molar-refractivity contribution >= 4 is 26.0 Å². The molecule has 0 radical (unpaired) electrons. The molecule has 0 saturated carbocycles. The topological polar surface area (TPSA) is 49.9 Å². The second kappa shape index (κ2) is 7.83. The molecule has 0 amide bonds. The molecular weight excluding hydrogens is 392 g/mol. The van der Waals surface area contributed by atoms with Gasteiger partial charge in [-0.25, -0.2) is 8.42 Å². The minimum Gasteiger partial charge on any atom is -0.377 e. The number of hydrogen-bond donors (Lipinski definition) is 0. The van der Waals surface area contributed by atoms with Crippen molar-refractivity contribution in [3.8, 4) is 0 Å². The number of ether oxygens (including phenoxy) is 1. The summed E-state index contributed by atoms with van der Waals surface area (Å²) in [6, 6.07) is 5.22. The van der Waals surface area contributed by atoms with Gasteiger partial charge in [-0.1, -0.05) is 15.9 Å². The van der Waals surface area contributed by atoms with Crippen LogP contribution in [0.3, 0.4) is 0 Å². The number of benzene rings is 1. The standard InChI is InChI=1S/C17H25BrN2O3S/c1-14-12-16(5-6-17(14)18)24(21,22)20-9-7-19(8-10-20)13-15-4-2-3-11-23-15/h5-6,12,15H,2-4,7-11,13H2,1H3/t15-/m0/s1. The zero-order valence-corrected chi connectivity index (χ0v) is 16.5. The van der Waals surface area contributed by atoms with Crippen LogP contribution in [0.25, 0.3) is 0 Å². The summed E-state index contributed by atoms with van der Waals surface area (Å²) in [7, 11) is -3.40. The second-order valence-electron chi connectivity index (χ2n) is 6.60. The maximum atomic E-state index is 12.8. The summed E-state index contributed by atoms with van der Waals surface area (Å²) in [6.07, 6.45) is 3.84. The molecule has 1 aromatic carbocycles. The first-order valence-corrected chi connectivity index (χ1v) is 10.8. The molecule has 2 saturated heterocycles. The van der Waals surface area contributed by atoms with Gasteiger partial charge in [-0.05, 0) is 49.9 Å². The van der Waals surface area contributed by atoms with Crippen molar-refractivity contribution in [3.63, 3.8) is 0 Å². The van der Waals surface area contributed by atoms with Crippen molar-refractivity contribution in [1.82, 2.24) is 9.21 Å². The van der Waals surface area contributed by atoms with Crippen LogP contribution in [0.4, 0.5) is 0 Å². The molecule has 2 heterocycles. The van der Waals surface area contributed by atoms with Crippen molar-refractivity contribution in [2.75, 3.05) is 39.3 Å². The Morgan fingerprint density at radius 2 is 1.96 bits per heavy atom. The Balaban J connectivity index is 1.59. The highest BCUT2D eigenvalue weighted by Crippen LogP contribution is 2.24. The normalized spacial score (nSPS) is 24.2. The highest BCUT2D eigenvalue weighted by Gasteiger charge is 2.29. The van der Waals surface area contributed by atoms with E-state index in [0.29, 0.717) is 24.1 Å². The van der Waals surface area contributed by atoms with Crippen LogP contribution in [-0.2, 0) is 14.8 Å². The van der Waals surface area contributed by atoms with Crippen molar-refractivity contribution < 1.29 is 13.2 Å². The molecule has 134 valence electrons. The van der Waals surface area contributed by atoms with E-state index in [1.807, 2.05) is 6.92 Å². The summed E-state index contributed by atoms with van der Waals surface area (Å²) >= 11 is 3.42. The van der Waals surface area contributed by atoms with Gasteiger partial charge in [0.1, 0.15) is 0 Å². The number of sulfonamides is 1. The van der Waals surface area contributed by atoms with Crippen LogP contribution in [0.15, 0.2) is 27.6 Å². The SMILES string of the molecule is Cc1cc(S(=O)(=O)N2CCN(C[C@@H]3CCCCO3)CC2)ccc1Br. The number of halogens is 1. The van der Waals surface area contributed by atoms with Gasteiger partial charge in [0.15, 0.2) is 0 Å². The Morgan fingerprint density at radius 1 is 1.21 bits per heavy atom. The van der Waals surface area contributed by atoms with Gasteiger partial charge in [-0.3, -0.25) is 4.90 Å². The molecule has 2 aliphatic rings. The van der Waals surface area contributed by atoms with Crippen molar-refractivity contribution in [2.24, 2.45) is 0 Å². The van der Waals surface area contributed by atoms with Crippen LogP contribution >= 0.6 is 15.9 Å². The third-order valence-electron chi connectivity index (χ3n) is 4.83. The van der Waals surface area contributed by atoms with Crippen molar-refractivity contribution in [3.05, 3.63) is 28.2 Å². The lowest BCUT2D eigenvalue weighted by Crippen LogP contribution is -2.50. The quantitative estimate of drug-likeness (QED) is 0.756. The minimum absolute atomic E-state index is 0.316. The van der Waals surface area contributed by atoms with Gasteiger partial charge >= 0.3 is 0 Å². The van der Waals surface area contributed by atoms with E-state index in [1.165, 1.54) is 6.42 Å². The van der Waals surface area contributed by atoms with Crippen LogP contribution in [0, 0.1) is 6.92 Å². The molecule has 0 N–H and O–H groups in total. The monoisotopic (exact) mass is 416 g/mol. The fourth-order valence-corrected chi connectivity index (χ4v) is 5.07. The summed E-state index contributed by atoms with van der Waals surface area (Å²) in [4.78, 5) is 2.71. The molecular formula is C17H25BrN2O3S. The van der Waals surface area contributed by atoms with Gasteiger partial charge < -0.3 is 4.74 Å². The summed E-state index contributed by atoms with van der Waals surface area (Å²) in [5.41, 5.74) is 0.934. The van der Waals surface area contributed by atoms with Gasteiger partial charge in [-0.2, -0.15) is 4.31 Å². The molecule has 1 atom stereocenters. The number of rotatable bonds is 4. The summed E-state index contributed by atoms with van der Waals surface area (Å²) < 4.78 is 34.0. The molecule has 0 spiro atoms. The summed E-state index contributed by atoms with van der Waals surface area (Å²) in [5, 5.41) is 0. The Hall–Kier alpha value is -0.470.